The van der Waals surface area contributed by atoms with Crippen molar-refractivity contribution in [1.82, 2.24) is 9.80 Å². The maximum absolute atomic E-state index is 12.7. The second-order valence-electron chi connectivity index (χ2n) is 8.24. The summed E-state index contributed by atoms with van der Waals surface area (Å²) in [7, 11) is 1.26. The van der Waals surface area contributed by atoms with E-state index in [1.165, 1.54) is 12.0 Å². The average Bonchev–Trinajstić information content (AvgIpc) is 3.23. The molecule has 0 unspecified atom stereocenters. The Hall–Kier alpha value is -3.07. The number of hydrogen-bond acceptors (Lipinski definition) is 7. The van der Waals surface area contributed by atoms with E-state index in [-0.39, 0.29) is 43.0 Å². The van der Waals surface area contributed by atoms with Gasteiger partial charge in [-0.1, -0.05) is 6.07 Å². The summed E-state index contributed by atoms with van der Waals surface area (Å²) in [6, 6.07) is 5.52. The number of anilines is 1. The van der Waals surface area contributed by atoms with Gasteiger partial charge >= 0.3 is 12.1 Å². The van der Waals surface area contributed by atoms with E-state index >= 15 is 0 Å². The van der Waals surface area contributed by atoms with Gasteiger partial charge in [-0.3, -0.25) is 9.69 Å². The van der Waals surface area contributed by atoms with Gasteiger partial charge in [-0.15, -0.1) is 0 Å². The molecule has 0 aliphatic carbocycles. The van der Waals surface area contributed by atoms with E-state index < -0.39 is 11.6 Å². The lowest BCUT2D eigenvalue weighted by Crippen LogP contribution is -2.33. The summed E-state index contributed by atoms with van der Waals surface area (Å²) < 4.78 is 10.2. The van der Waals surface area contributed by atoms with Crippen LogP contribution in [0.1, 0.15) is 31.9 Å². The maximum Gasteiger partial charge on any atom is 0.410 e. The van der Waals surface area contributed by atoms with Crippen LogP contribution in [0, 0.1) is 0 Å². The maximum atomic E-state index is 12.7. The number of amides is 2. The Morgan fingerprint density at radius 1 is 1.17 bits per heavy atom. The molecular formula is C21H27N3O6. The normalized spacial score (nSPS) is 16.1. The molecule has 0 atom stereocenters. The van der Waals surface area contributed by atoms with Crippen LogP contribution in [-0.4, -0.2) is 65.3 Å². The van der Waals surface area contributed by atoms with E-state index in [1.807, 2.05) is 32.9 Å². The van der Waals surface area contributed by atoms with Gasteiger partial charge in [0.2, 0.25) is 0 Å². The number of aliphatic hydroxyl groups is 1. The zero-order chi connectivity index (χ0) is 22.1. The summed E-state index contributed by atoms with van der Waals surface area (Å²) in [5.41, 5.74) is 2.33. The first kappa shape index (κ1) is 21.6. The van der Waals surface area contributed by atoms with Gasteiger partial charge in [-0.25, -0.2) is 9.59 Å². The summed E-state index contributed by atoms with van der Waals surface area (Å²) in [4.78, 5) is 40.1. The Kier molecular flexibility index (Phi) is 6.02. The SMILES string of the molecule is COC(=O)C1=C(Nc2ccc3c(c2)CN(C(=O)OC(C)(C)C)C3)C(=O)N(CCO)C1. The second-order valence-corrected chi connectivity index (χ2v) is 8.24. The molecule has 1 aromatic carbocycles. The van der Waals surface area contributed by atoms with E-state index in [0.717, 1.165) is 11.1 Å². The number of rotatable bonds is 5. The molecule has 0 spiro atoms. The van der Waals surface area contributed by atoms with Gasteiger partial charge in [0, 0.05) is 25.3 Å². The topological polar surface area (TPSA) is 108 Å². The minimum absolute atomic E-state index is 0.0752. The molecule has 2 aliphatic rings. The summed E-state index contributed by atoms with van der Waals surface area (Å²) in [6.45, 7) is 6.31. The lowest BCUT2D eigenvalue weighted by molar-refractivity contribution is -0.136. The number of hydrogen-bond donors (Lipinski definition) is 2. The first-order valence-electron chi connectivity index (χ1n) is 9.71. The van der Waals surface area contributed by atoms with Crippen molar-refractivity contribution < 1.29 is 29.0 Å². The highest BCUT2D eigenvalue weighted by atomic mass is 16.6. The molecule has 0 saturated carbocycles. The van der Waals surface area contributed by atoms with Gasteiger partial charge in [-0.05, 0) is 44.0 Å². The van der Waals surface area contributed by atoms with Crippen LogP contribution in [-0.2, 0) is 32.2 Å². The van der Waals surface area contributed by atoms with Crippen LogP contribution in [0.5, 0.6) is 0 Å². The lowest BCUT2D eigenvalue weighted by atomic mass is 10.1. The third kappa shape index (κ3) is 4.56. The van der Waals surface area contributed by atoms with Crippen molar-refractivity contribution in [1.29, 1.82) is 0 Å². The van der Waals surface area contributed by atoms with E-state index in [9.17, 15) is 14.4 Å². The number of carbonyl (C=O) groups is 3. The van der Waals surface area contributed by atoms with Crippen LogP contribution in [0.3, 0.4) is 0 Å². The van der Waals surface area contributed by atoms with Crippen molar-refractivity contribution in [2.75, 3.05) is 32.1 Å². The Morgan fingerprint density at radius 3 is 2.50 bits per heavy atom. The van der Waals surface area contributed by atoms with Crippen molar-refractivity contribution >= 4 is 23.7 Å². The van der Waals surface area contributed by atoms with Crippen molar-refractivity contribution in [3.8, 4) is 0 Å². The fraction of sp³-hybridized carbons (Fsp3) is 0.476. The Balaban J connectivity index is 1.78. The molecule has 0 fully saturated rings. The number of carbonyl (C=O) groups excluding carboxylic acids is 3. The van der Waals surface area contributed by atoms with E-state index in [0.29, 0.717) is 18.8 Å². The number of methoxy groups -OCH3 is 1. The van der Waals surface area contributed by atoms with E-state index in [4.69, 9.17) is 14.6 Å². The minimum atomic E-state index is -0.594. The Labute approximate surface area is 175 Å². The molecule has 2 amide bonds. The number of fused-ring (bicyclic) bond motifs is 1. The zero-order valence-electron chi connectivity index (χ0n) is 17.7. The predicted molar refractivity (Wildman–Crippen MR) is 108 cm³/mol. The molecule has 0 aromatic heterocycles. The van der Waals surface area contributed by atoms with Gasteiger partial charge in [-0.2, -0.15) is 0 Å². The number of β-amino-alcohol motifs (C(OH)–C–C–N with tert-alkyl or cyclic N) is 1. The van der Waals surface area contributed by atoms with Crippen LogP contribution in [0.2, 0.25) is 0 Å². The molecular weight excluding hydrogens is 390 g/mol. The number of benzene rings is 1. The first-order valence-corrected chi connectivity index (χ1v) is 9.71. The molecule has 9 heteroatoms. The molecule has 0 saturated heterocycles. The number of nitrogens with one attached hydrogen (secondary N) is 1. The highest BCUT2D eigenvalue weighted by molar-refractivity contribution is 6.08. The van der Waals surface area contributed by atoms with Gasteiger partial charge in [0.25, 0.3) is 5.91 Å². The van der Waals surface area contributed by atoms with Gasteiger partial charge in [0.05, 0.1) is 25.8 Å². The van der Waals surface area contributed by atoms with Gasteiger partial charge < -0.3 is 24.8 Å². The average molecular weight is 417 g/mol. The third-order valence-electron chi connectivity index (χ3n) is 4.80. The summed E-state index contributed by atoms with van der Waals surface area (Å²) in [5, 5.41) is 12.2. The third-order valence-corrected chi connectivity index (χ3v) is 4.80. The van der Waals surface area contributed by atoms with Crippen molar-refractivity contribution in [2.24, 2.45) is 0 Å². The van der Waals surface area contributed by atoms with Crippen molar-refractivity contribution in [3.05, 3.63) is 40.6 Å². The van der Waals surface area contributed by atoms with Crippen LogP contribution in [0.25, 0.3) is 0 Å². The summed E-state index contributed by atoms with van der Waals surface area (Å²) in [6.07, 6.45) is -0.380. The molecule has 30 heavy (non-hydrogen) atoms. The fourth-order valence-electron chi connectivity index (χ4n) is 3.42. The molecule has 2 N–H and O–H groups in total. The molecule has 2 heterocycles. The van der Waals surface area contributed by atoms with Gasteiger partial charge in [0.1, 0.15) is 11.3 Å². The predicted octanol–water partition coefficient (Wildman–Crippen LogP) is 1.61. The minimum Gasteiger partial charge on any atom is -0.466 e. The largest absolute Gasteiger partial charge is 0.466 e. The zero-order valence-corrected chi connectivity index (χ0v) is 17.7. The highest BCUT2D eigenvalue weighted by Gasteiger charge is 2.35. The summed E-state index contributed by atoms with van der Waals surface area (Å²) in [5.74, 6) is -0.969. The smallest absolute Gasteiger partial charge is 0.410 e. The van der Waals surface area contributed by atoms with Gasteiger partial charge in [0.15, 0.2) is 0 Å². The number of ether oxygens (including phenoxy) is 2. The van der Waals surface area contributed by atoms with E-state index in [2.05, 4.69) is 5.32 Å². The quantitative estimate of drug-likeness (QED) is 0.701. The fourth-order valence-corrected chi connectivity index (χ4v) is 3.42. The van der Waals surface area contributed by atoms with Crippen LogP contribution in [0.4, 0.5) is 10.5 Å². The number of aliphatic hydroxyl groups excluding tert-OH is 1. The van der Waals surface area contributed by atoms with Crippen LogP contribution < -0.4 is 5.32 Å². The number of esters is 1. The molecule has 0 radical (unpaired) electrons. The molecule has 3 rings (SSSR count). The molecule has 1 aromatic rings. The van der Waals surface area contributed by atoms with Crippen molar-refractivity contribution in [3.63, 3.8) is 0 Å². The molecule has 0 bridgehead atoms. The molecule has 2 aliphatic heterocycles. The van der Waals surface area contributed by atoms with Crippen molar-refractivity contribution in [2.45, 2.75) is 39.5 Å². The van der Waals surface area contributed by atoms with Crippen LogP contribution >= 0.6 is 0 Å². The second kappa shape index (κ2) is 8.35. The number of nitrogens with zero attached hydrogens (tertiary/aromatic N) is 2. The standard InChI is InChI=1S/C21H27N3O6/c1-21(2,3)30-20(28)24-10-13-5-6-15(9-14(13)11-24)22-17-16(19(27)29-4)12-23(7-8-25)18(17)26/h5-6,9,22,25H,7-8,10-12H2,1-4H3. The lowest BCUT2D eigenvalue weighted by Gasteiger charge is -2.24. The van der Waals surface area contributed by atoms with E-state index in [1.54, 1.807) is 11.0 Å². The summed E-state index contributed by atoms with van der Waals surface area (Å²) >= 11 is 0. The van der Waals surface area contributed by atoms with Crippen LogP contribution in [0.15, 0.2) is 29.5 Å². The monoisotopic (exact) mass is 417 g/mol. The Morgan fingerprint density at radius 2 is 1.87 bits per heavy atom. The molecule has 9 nitrogen and oxygen atoms in total. The highest BCUT2D eigenvalue weighted by Crippen LogP contribution is 2.29. The first-order chi connectivity index (χ1) is 14.1. The molecule has 162 valence electrons. The Bertz CT molecular complexity index is 902.